The molecule has 0 spiro atoms. The van der Waals surface area contributed by atoms with E-state index >= 15 is 0 Å². The standard InChI is InChI=1S/C10H15F3N4O3/c1-5(2)7-8(17(19)20)9(16(3)15-7)14-4-6(18)10(11,12)13/h5-6,14,18H,4H2,1-3H3. The summed E-state index contributed by atoms with van der Waals surface area (Å²) in [5.74, 6) is -0.424. The van der Waals surface area contributed by atoms with E-state index in [1.165, 1.54) is 7.05 Å². The third kappa shape index (κ3) is 3.38. The Morgan fingerprint density at radius 1 is 1.50 bits per heavy atom. The highest BCUT2D eigenvalue weighted by Gasteiger charge is 2.39. The number of nitrogens with zero attached hydrogens (tertiary/aromatic N) is 3. The SMILES string of the molecule is CC(C)c1nn(C)c(NCC(O)C(F)(F)F)c1[N+](=O)[O-]. The Hall–Kier alpha value is -1.84. The second-order valence-electron chi connectivity index (χ2n) is 4.56. The molecule has 20 heavy (non-hydrogen) atoms. The fraction of sp³-hybridized carbons (Fsp3) is 0.700. The van der Waals surface area contributed by atoms with Crippen molar-refractivity contribution in [2.45, 2.75) is 32.0 Å². The summed E-state index contributed by atoms with van der Waals surface area (Å²) in [6.45, 7) is 2.48. The molecule has 1 aromatic rings. The minimum absolute atomic E-state index is 0.165. The van der Waals surface area contributed by atoms with Gasteiger partial charge in [0.1, 0.15) is 5.69 Å². The third-order valence-electron chi connectivity index (χ3n) is 2.62. The van der Waals surface area contributed by atoms with Crippen molar-refractivity contribution in [1.82, 2.24) is 9.78 Å². The minimum Gasteiger partial charge on any atom is -0.382 e. The van der Waals surface area contributed by atoms with Crippen LogP contribution in [0.5, 0.6) is 0 Å². The van der Waals surface area contributed by atoms with Crippen molar-refractivity contribution >= 4 is 11.5 Å². The lowest BCUT2D eigenvalue weighted by molar-refractivity contribution is -0.384. The van der Waals surface area contributed by atoms with E-state index in [-0.39, 0.29) is 23.1 Å². The smallest absolute Gasteiger partial charge is 0.382 e. The van der Waals surface area contributed by atoms with E-state index in [0.717, 1.165) is 4.68 Å². The maximum absolute atomic E-state index is 12.2. The van der Waals surface area contributed by atoms with Crippen LogP contribution in [0.4, 0.5) is 24.7 Å². The normalized spacial score (nSPS) is 13.6. The Bertz CT molecular complexity index is 499. The number of alkyl halides is 3. The molecule has 114 valence electrons. The second kappa shape index (κ2) is 5.65. The van der Waals surface area contributed by atoms with Crippen LogP contribution < -0.4 is 5.32 Å². The number of aromatic nitrogens is 2. The maximum Gasteiger partial charge on any atom is 0.416 e. The van der Waals surface area contributed by atoms with E-state index in [1.807, 2.05) is 0 Å². The first kappa shape index (κ1) is 16.2. The molecule has 2 N–H and O–H groups in total. The molecule has 1 rings (SSSR count). The number of halogens is 3. The summed E-state index contributed by atoms with van der Waals surface area (Å²) in [4.78, 5) is 10.3. The van der Waals surface area contributed by atoms with E-state index in [2.05, 4.69) is 10.4 Å². The van der Waals surface area contributed by atoms with Crippen LogP contribution in [0.15, 0.2) is 0 Å². The summed E-state index contributed by atoms with van der Waals surface area (Å²) >= 11 is 0. The van der Waals surface area contributed by atoms with Gasteiger partial charge in [-0.1, -0.05) is 13.8 Å². The van der Waals surface area contributed by atoms with Crippen molar-refractivity contribution in [3.8, 4) is 0 Å². The van der Waals surface area contributed by atoms with Crippen LogP contribution in [0.2, 0.25) is 0 Å². The molecule has 7 nitrogen and oxygen atoms in total. The van der Waals surface area contributed by atoms with Crippen molar-refractivity contribution < 1.29 is 23.2 Å². The molecule has 0 bridgehead atoms. The molecule has 0 saturated heterocycles. The zero-order valence-corrected chi connectivity index (χ0v) is 11.1. The highest BCUT2D eigenvalue weighted by molar-refractivity contribution is 5.60. The Balaban J connectivity index is 3.04. The predicted octanol–water partition coefficient (Wildman–Crippen LogP) is 1.79. The van der Waals surface area contributed by atoms with E-state index in [1.54, 1.807) is 13.8 Å². The molecule has 10 heteroatoms. The van der Waals surface area contributed by atoms with Gasteiger partial charge in [-0.25, -0.2) is 4.68 Å². The molecular formula is C10H15F3N4O3. The first-order valence-corrected chi connectivity index (χ1v) is 5.75. The lowest BCUT2D eigenvalue weighted by Gasteiger charge is -2.15. The van der Waals surface area contributed by atoms with Gasteiger partial charge in [-0.2, -0.15) is 18.3 Å². The summed E-state index contributed by atoms with van der Waals surface area (Å²) in [5.41, 5.74) is -0.210. The van der Waals surface area contributed by atoms with Crippen LogP contribution in [-0.2, 0) is 7.05 Å². The van der Waals surface area contributed by atoms with Crippen LogP contribution >= 0.6 is 0 Å². The fourth-order valence-corrected chi connectivity index (χ4v) is 1.61. The highest BCUT2D eigenvalue weighted by atomic mass is 19.4. The van der Waals surface area contributed by atoms with Crippen molar-refractivity contribution in [2.24, 2.45) is 7.05 Å². The van der Waals surface area contributed by atoms with Crippen LogP contribution in [0, 0.1) is 10.1 Å². The van der Waals surface area contributed by atoms with Gasteiger partial charge < -0.3 is 10.4 Å². The Kier molecular flexibility index (Phi) is 4.58. The number of anilines is 1. The molecule has 0 saturated carbocycles. The largest absolute Gasteiger partial charge is 0.416 e. The van der Waals surface area contributed by atoms with Gasteiger partial charge in [0, 0.05) is 13.0 Å². The number of nitrogens with one attached hydrogen (secondary N) is 1. The van der Waals surface area contributed by atoms with Crippen LogP contribution in [0.3, 0.4) is 0 Å². The fourth-order valence-electron chi connectivity index (χ4n) is 1.61. The van der Waals surface area contributed by atoms with Gasteiger partial charge in [-0.15, -0.1) is 0 Å². The van der Waals surface area contributed by atoms with Gasteiger partial charge in [0.15, 0.2) is 6.10 Å². The molecule has 1 heterocycles. The van der Waals surface area contributed by atoms with Gasteiger partial charge in [-0.05, 0) is 0 Å². The Labute approximate surface area is 112 Å². The summed E-state index contributed by atoms with van der Waals surface area (Å²) in [5, 5.41) is 26.1. The number of hydrogen-bond acceptors (Lipinski definition) is 5. The molecule has 1 aromatic heterocycles. The molecule has 0 aliphatic rings. The molecule has 0 amide bonds. The van der Waals surface area contributed by atoms with E-state index < -0.39 is 23.7 Å². The molecule has 0 aromatic carbocycles. The van der Waals surface area contributed by atoms with Gasteiger partial charge in [0.05, 0.1) is 11.5 Å². The van der Waals surface area contributed by atoms with Gasteiger partial charge >= 0.3 is 11.9 Å². The number of rotatable bonds is 5. The lowest BCUT2D eigenvalue weighted by atomic mass is 10.1. The molecule has 0 radical (unpaired) electrons. The first-order valence-electron chi connectivity index (χ1n) is 5.75. The van der Waals surface area contributed by atoms with Crippen LogP contribution in [0.1, 0.15) is 25.5 Å². The zero-order chi connectivity index (χ0) is 15.7. The molecule has 1 unspecified atom stereocenters. The number of nitro groups is 1. The maximum atomic E-state index is 12.2. The topological polar surface area (TPSA) is 93.2 Å². The molecule has 0 aliphatic heterocycles. The quantitative estimate of drug-likeness (QED) is 0.638. The van der Waals surface area contributed by atoms with E-state index in [4.69, 9.17) is 5.11 Å². The average molecular weight is 296 g/mol. The van der Waals surface area contributed by atoms with Crippen molar-refractivity contribution in [3.05, 3.63) is 15.8 Å². The number of aliphatic hydroxyl groups is 1. The summed E-state index contributed by atoms with van der Waals surface area (Å²) < 4.78 is 37.7. The number of aliphatic hydroxyl groups excluding tert-OH is 1. The van der Waals surface area contributed by atoms with Gasteiger partial charge in [0.25, 0.3) is 0 Å². The van der Waals surface area contributed by atoms with E-state index in [0.29, 0.717) is 0 Å². The Morgan fingerprint density at radius 2 is 2.05 bits per heavy atom. The molecule has 0 fully saturated rings. The highest BCUT2D eigenvalue weighted by Crippen LogP contribution is 2.33. The van der Waals surface area contributed by atoms with Crippen molar-refractivity contribution in [2.75, 3.05) is 11.9 Å². The monoisotopic (exact) mass is 296 g/mol. The minimum atomic E-state index is -4.79. The molecule has 0 aliphatic carbocycles. The number of hydrogen-bond donors (Lipinski definition) is 2. The number of aryl methyl sites for hydroxylation is 1. The predicted molar refractivity (Wildman–Crippen MR) is 64.5 cm³/mol. The van der Waals surface area contributed by atoms with Crippen LogP contribution in [-0.4, -0.2) is 38.6 Å². The molecule has 1 atom stereocenters. The Morgan fingerprint density at radius 3 is 2.45 bits per heavy atom. The van der Waals surface area contributed by atoms with Crippen molar-refractivity contribution in [3.63, 3.8) is 0 Å². The summed E-state index contributed by atoms with van der Waals surface area (Å²) in [7, 11) is 1.38. The van der Waals surface area contributed by atoms with Crippen molar-refractivity contribution in [1.29, 1.82) is 0 Å². The zero-order valence-electron chi connectivity index (χ0n) is 11.1. The van der Waals surface area contributed by atoms with Gasteiger partial charge in [0.2, 0.25) is 5.82 Å². The summed E-state index contributed by atoms with van der Waals surface area (Å²) in [6, 6.07) is 0. The van der Waals surface area contributed by atoms with Crippen LogP contribution in [0.25, 0.3) is 0 Å². The van der Waals surface area contributed by atoms with Gasteiger partial charge in [-0.3, -0.25) is 10.1 Å². The summed E-state index contributed by atoms with van der Waals surface area (Å²) in [6.07, 6.45) is -7.40. The third-order valence-corrected chi connectivity index (χ3v) is 2.62. The molecular weight excluding hydrogens is 281 g/mol. The average Bonchev–Trinajstić information content (AvgIpc) is 2.62. The lowest BCUT2D eigenvalue weighted by Crippen LogP contribution is -2.35. The van der Waals surface area contributed by atoms with E-state index in [9.17, 15) is 23.3 Å². The second-order valence-corrected chi connectivity index (χ2v) is 4.56. The first-order chi connectivity index (χ1) is 9.05.